The number of hydrogen-bond donors (Lipinski definition) is 4. The van der Waals surface area contributed by atoms with E-state index in [1.165, 1.54) is 0 Å². The van der Waals surface area contributed by atoms with Crippen LogP contribution < -0.4 is 5.32 Å². The molecule has 3 aliphatic rings. The molecule has 3 heterocycles. The van der Waals surface area contributed by atoms with Crippen LogP contribution in [0.3, 0.4) is 0 Å². The maximum Gasteiger partial charge on any atom is 0.0927 e. The summed E-state index contributed by atoms with van der Waals surface area (Å²) in [6.45, 7) is 17.9. The molecule has 0 amide bonds. The van der Waals surface area contributed by atoms with Gasteiger partial charge in [0.2, 0.25) is 0 Å². The maximum atomic E-state index is 9.19. The Hall–Kier alpha value is -0.0200. The second kappa shape index (κ2) is 15.8. The summed E-state index contributed by atoms with van der Waals surface area (Å²) in [7, 11) is 0. The predicted octanol–water partition coefficient (Wildman–Crippen LogP) is 2.91. The van der Waals surface area contributed by atoms with Crippen molar-refractivity contribution in [1.82, 2.24) is 5.32 Å². The van der Waals surface area contributed by atoms with Crippen molar-refractivity contribution in [2.24, 2.45) is 41.4 Å². The van der Waals surface area contributed by atoms with Gasteiger partial charge in [0.1, 0.15) is 0 Å². The molecule has 3 saturated heterocycles. The van der Waals surface area contributed by atoms with Crippen LogP contribution in [-0.2, 0) is 9.47 Å². The van der Waals surface area contributed by atoms with Crippen molar-refractivity contribution in [1.29, 1.82) is 5.26 Å². The first-order valence-corrected chi connectivity index (χ1v) is 11.9. The number of halogens is 1. The van der Waals surface area contributed by atoms with Gasteiger partial charge in [0.25, 0.3) is 0 Å². The lowest BCUT2D eigenvalue weighted by Gasteiger charge is -2.36. The molecule has 3 rings (SSSR count). The number of nitrogens with zero attached hydrogens (tertiary/aromatic N) is 1. The van der Waals surface area contributed by atoms with Gasteiger partial charge in [-0.25, -0.2) is 0 Å². The molecule has 7 nitrogen and oxygen atoms in total. The van der Waals surface area contributed by atoms with Gasteiger partial charge in [0, 0.05) is 33.6 Å². The Morgan fingerprint density at radius 1 is 0.875 bits per heavy atom. The van der Waals surface area contributed by atoms with Gasteiger partial charge in [-0.2, -0.15) is 5.26 Å². The summed E-state index contributed by atoms with van der Waals surface area (Å²) in [5, 5.41) is 38.5. The van der Waals surface area contributed by atoms with Crippen LogP contribution in [0.5, 0.6) is 0 Å². The Kier molecular flexibility index (Phi) is 15.8. The highest BCUT2D eigenvalue weighted by molar-refractivity contribution is 14.0. The molecule has 11 atom stereocenters. The summed E-state index contributed by atoms with van der Waals surface area (Å²) >= 11 is 0. The van der Waals surface area contributed by atoms with Crippen LogP contribution in [0, 0.1) is 52.8 Å². The van der Waals surface area contributed by atoms with Crippen molar-refractivity contribution in [3.63, 3.8) is 0 Å². The van der Waals surface area contributed by atoms with Crippen LogP contribution in [0.15, 0.2) is 0 Å². The van der Waals surface area contributed by atoms with E-state index in [2.05, 4.69) is 59.9 Å². The van der Waals surface area contributed by atoms with Gasteiger partial charge in [-0.05, 0) is 43.4 Å². The van der Waals surface area contributed by atoms with E-state index in [0.717, 1.165) is 24.4 Å². The SMILES string of the molecule is C[C@H]1[C@H](C)[C@@H](C)CO[C@H]1C.C[C@H]1[C@H](C)[C@H](C)OC[C@H]1C#N.I.OC[C@H]1CNC[C@@H](O)[C@@H]1O.[HH]. The van der Waals surface area contributed by atoms with Gasteiger partial charge in [0.05, 0.1) is 43.0 Å². The number of hydrogen-bond acceptors (Lipinski definition) is 7. The first-order chi connectivity index (χ1) is 14.5. The predicted molar refractivity (Wildman–Crippen MR) is 139 cm³/mol. The number of β-amino-alcohol motifs (C(OH)–C–C–N with tert-alkyl or cyclic N) is 1. The molecule has 3 aliphatic heterocycles. The number of ether oxygens (including phenoxy) is 2. The Bertz CT molecular complexity index is 530. The van der Waals surface area contributed by atoms with Crippen LogP contribution in [-0.4, -0.2) is 72.6 Å². The molecule has 0 bridgehead atoms. The summed E-state index contributed by atoms with van der Waals surface area (Å²) in [5.41, 5.74) is 0. The molecular formula is C24H49IN2O5. The summed E-state index contributed by atoms with van der Waals surface area (Å²) in [5.74, 6) is 3.15. The Morgan fingerprint density at radius 2 is 1.41 bits per heavy atom. The monoisotopic (exact) mass is 572 g/mol. The van der Waals surface area contributed by atoms with Crippen LogP contribution in [0.1, 0.15) is 49.9 Å². The third-order valence-electron chi connectivity index (χ3n) is 7.87. The first-order valence-electron chi connectivity index (χ1n) is 11.9. The van der Waals surface area contributed by atoms with Crippen LogP contribution in [0.25, 0.3) is 0 Å². The molecule has 8 heteroatoms. The van der Waals surface area contributed by atoms with E-state index in [0.29, 0.717) is 43.7 Å². The topological polar surface area (TPSA) is 115 Å². The Morgan fingerprint density at radius 3 is 1.88 bits per heavy atom. The number of aliphatic hydroxyl groups is 3. The maximum absolute atomic E-state index is 9.19. The quantitative estimate of drug-likeness (QED) is 0.358. The molecular weight excluding hydrogens is 523 g/mol. The molecule has 0 aliphatic carbocycles. The fourth-order valence-electron chi connectivity index (χ4n) is 4.21. The second-order valence-electron chi connectivity index (χ2n) is 9.89. The Balaban J connectivity index is 0. The zero-order valence-corrected chi connectivity index (χ0v) is 23.2. The molecule has 0 radical (unpaired) electrons. The summed E-state index contributed by atoms with van der Waals surface area (Å²) in [6.07, 6.45) is -0.724. The summed E-state index contributed by atoms with van der Waals surface area (Å²) < 4.78 is 11.0. The third kappa shape index (κ3) is 9.32. The van der Waals surface area contributed by atoms with E-state index in [1.807, 2.05) is 0 Å². The number of piperidine rings is 1. The van der Waals surface area contributed by atoms with Gasteiger partial charge >= 0.3 is 0 Å². The fraction of sp³-hybridized carbons (Fsp3) is 0.958. The first kappa shape index (κ1) is 32.0. The van der Waals surface area contributed by atoms with Crippen molar-refractivity contribution in [2.75, 3.05) is 32.9 Å². The number of aliphatic hydroxyl groups excluding tert-OH is 3. The second-order valence-corrected chi connectivity index (χ2v) is 9.89. The minimum Gasteiger partial charge on any atom is -0.396 e. The average Bonchev–Trinajstić information content (AvgIpc) is 2.76. The number of nitrogens with one attached hydrogen (secondary N) is 1. The minimum absolute atomic E-state index is 0. The van der Waals surface area contributed by atoms with Crippen molar-refractivity contribution in [3.8, 4) is 6.07 Å². The molecule has 4 N–H and O–H groups in total. The highest BCUT2D eigenvalue weighted by atomic mass is 127. The van der Waals surface area contributed by atoms with Crippen LogP contribution >= 0.6 is 24.0 Å². The molecule has 32 heavy (non-hydrogen) atoms. The van der Waals surface area contributed by atoms with Gasteiger partial charge in [-0.3, -0.25) is 0 Å². The number of nitriles is 1. The van der Waals surface area contributed by atoms with E-state index >= 15 is 0 Å². The Labute approximate surface area is 213 Å². The standard InChI is InChI=1S/C9H15NO.C9H18O.C6H13NO3.HI.H2/c1-6-7(2)9(4-10)5-11-8(6)3;1-6-5-10-9(4)8(3)7(6)2;8-3-4-1-7-2-5(9)6(4)10;;/h6-9H,5H2,1-3H3;6-9H,5H2,1-4H3;4-10H,1-3H2;2*1H/t6-,7-,8-,9+;6-,7+,8-,9-;4-,5-,6-;;/m001../s1. The third-order valence-corrected chi connectivity index (χ3v) is 7.87. The average molecular weight is 573 g/mol. The molecule has 0 spiro atoms. The van der Waals surface area contributed by atoms with Crippen molar-refractivity contribution in [2.45, 2.75) is 72.9 Å². The molecule has 0 unspecified atom stereocenters. The highest BCUT2D eigenvalue weighted by Gasteiger charge is 2.32. The van der Waals surface area contributed by atoms with Gasteiger partial charge in [-0.15, -0.1) is 24.0 Å². The van der Waals surface area contributed by atoms with Crippen LogP contribution in [0.2, 0.25) is 0 Å². The molecule has 0 saturated carbocycles. The van der Waals surface area contributed by atoms with Crippen LogP contribution in [0.4, 0.5) is 0 Å². The zero-order chi connectivity index (χ0) is 23.7. The molecule has 0 aromatic heterocycles. The summed E-state index contributed by atoms with van der Waals surface area (Å²) in [4.78, 5) is 0. The highest BCUT2D eigenvalue weighted by Crippen LogP contribution is 2.30. The van der Waals surface area contributed by atoms with E-state index < -0.39 is 12.2 Å². The van der Waals surface area contributed by atoms with E-state index in [9.17, 15) is 5.11 Å². The molecule has 0 aromatic carbocycles. The normalized spacial score (nSPS) is 43.8. The van der Waals surface area contributed by atoms with Gasteiger partial charge < -0.3 is 30.1 Å². The number of rotatable bonds is 1. The smallest absolute Gasteiger partial charge is 0.0927 e. The van der Waals surface area contributed by atoms with Gasteiger partial charge in [0.15, 0.2) is 0 Å². The fourth-order valence-corrected chi connectivity index (χ4v) is 4.21. The minimum atomic E-state index is -0.772. The zero-order valence-electron chi connectivity index (χ0n) is 20.9. The lowest BCUT2D eigenvalue weighted by Crippen LogP contribution is -2.51. The molecule has 3 fully saturated rings. The van der Waals surface area contributed by atoms with E-state index in [4.69, 9.17) is 24.9 Å². The van der Waals surface area contributed by atoms with E-state index in [-0.39, 0.29) is 43.8 Å². The lowest BCUT2D eigenvalue weighted by atomic mass is 9.80. The molecule has 192 valence electrons. The molecule has 0 aromatic rings. The van der Waals surface area contributed by atoms with Crippen molar-refractivity contribution < 1.29 is 26.2 Å². The van der Waals surface area contributed by atoms with E-state index in [1.54, 1.807) is 0 Å². The summed E-state index contributed by atoms with van der Waals surface area (Å²) in [6, 6.07) is 2.28. The largest absolute Gasteiger partial charge is 0.396 e. The lowest BCUT2D eigenvalue weighted by molar-refractivity contribution is -0.0661. The van der Waals surface area contributed by atoms with Crippen molar-refractivity contribution >= 4 is 24.0 Å². The van der Waals surface area contributed by atoms with Gasteiger partial charge in [-0.1, -0.05) is 34.6 Å². The van der Waals surface area contributed by atoms with Crippen molar-refractivity contribution in [3.05, 3.63) is 0 Å².